The molecule has 1 unspecified atom stereocenters. The minimum Gasteiger partial charge on any atom is -0.279 e. The van der Waals surface area contributed by atoms with E-state index in [1.165, 1.54) is 4.38 Å². The van der Waals surface area contributed by atoms with Crippen molar-refractivity contribution in [2.24, 2.45) is 4.99 Å². The average Bonchev–Trinajstić information content (AvgIpc) is 2.34. The molecule has 58 valence electrons. The third-order valence-corrected chi connectivity index (χ3v) is 4.88. The van der Waals surface area contributed by atoms with Crippen molar-refractivity contribution in [3.8, 4) is 0 Å². The predicted molar refractivity (Wildman–Crippen MR) is 53.6 cm³/mol. The highest BCUT2D eigenvalue weighted by Crippen LogP contribution is 2.40. The molecule has 1 aliphatic rings. The standard InChI is InChI=1S/C5H10N2S3/c1-7(2)4-6-5(8-3)10-9-4/h4H,1-3H3. The molecule has 0 aromatic carbocycles. The summed E-state index contributed by atoms with van der Waals surface area (Å²) < 4.78 is 1.18. The first kappa shape index (κ1) is 8.77. The lowest BCUT2D eigenvalue weighted by Gasteiger charge is -2.12. The second-order valence-electron chi connectivity index (χ2n) is 2.07. The van der Waals surface area contributed by atoms with E-state index in [9.17, 15) is 0 Å². The Hall–Kier alpha value is 0.680. The summed E-state index contributed by atoms with van der Waals surface area (Å²) in [7, 11) is 7.66. The molecule has 1 heterocycles. The molecule has 1 rings (SSSR count). The molecule has 0 saturated heterocycles. The van der Waals surface area contributed by atoms with Gasteiger partial charge in [0, 0.05) is 0 Å². The van der Waals surface area contributed by atoms with Crippen LogP contribution in [0.3, 0.4) is 0 Å². The van der Waals surface area contributed by atoms with Crippen LogP contribution in [0.15, 0.2) is 4.99 Å². The van der Waals surface area contributed by atoms with E-state index in [1.54, 1.807) is 33.3 Å². The van der Waals surface area contributed by atoms with Gasteiger partial charge in [-0.2, -0.15) is 0 Å². The van der Waals surface area contributed by atoms with Crippen LogP contribution in [0, 0.1) is 0 Å². The second kappa shape index (κ2) is 3.90. The minimum absolute atomic E-state index is 0.326. The van der Waals surface area contributed by atoms with Crippen molar-refractivity contribution in [3.05, 3.63) is 0 Å². The summed E-state index contributed by atoms with van der Waals surface area (Å²) in [5.41, 5.74) is 0.326. The highest BCUT2D eigenvalue weighted by Gasteiger charge is 2.19. The fourth-order valence-corrected chi connectivity index (χ4v) is 3.99. The largest absolute Gasteiger partial charge is 0.279 e. The summed E-state index contributed by atoms with van der Waals surface area (Å²) in [5.74, 6) is 0. The van der Waals surface area contributed by atoms with Crippen LogP contribution in [-0.4, -0.2) is 35.1 Å². The summed E-state index contributed by atoms with van der Waals surface area (Å²) in [5, 5.41) is 0. The molecule has 0 saturated carbocycles. The summed E-state index contributed by atoms with van der Waals surface area (Å²) >= 11 is 1.72. The van der Waals surface area contributed by atoms with Crippen molar-refractivity contribution in [2.45, 2.75) is 5.50 Å². The molecule has 1 atom stereocenters. The number of nitrogens with zero attached hydrogens (tertiary/aromatic N) is 2. The lowest BCUT2D eigenvalue weighted by Crippen LogP contribution is -2.20. The van der Waals surface area contributed by atoms with Gasteiger partial charge in [-0.15, -0.1) is 11.8 Å². The maximum atomic E-state index is 4.44. The molecule has 0 radical (unpaired) electrons. The maximum Gasteiger partial charge on any atom is 0.161 e. The molecule has 0 fully saturated rings. The molecule has 0 aromatic heterocycles. The zero-order valence-corrected chi connectivity index (χ0v) is 8.65. The van der Waals surface area contributed by atoms with Crippen LogP contribution in [0.4, 0.5) is 0 Å². The lowest BCUT2D eigenvalue weighted by atomic mass is 10.9. The predicted octanol–water partition coefficient (Wildman–Crippen LogP) is 1.95. The van der Waals surface area contributed by atoms with Crippen molar-refractivity contribution in [3.63, 3.8) is 0 Å². The van der Waals surface area contributed by atoms with Crippen molar-refractivity contribution >= 4 is 37.7 Å². The highest BCUT2D eigenvalue weighted by molar-refractivity contribution is 8.86. The highest BCUT2D eigenvalue weighted by atomic mass is 33.1. The minimum atomic E-state index is 0.326. The van der Waals surface area contributed by atoms with E-state index >= 15 is 0 Å². The Kier molecular flexibility index (Phi) is 3.42. The third kappa shape index (κ3) is 2.08. The van der Waals surface area contributed by atoms with Crippen LogP contribution in [0.5, 0.6) is 0 Å². The van der Waals surface area contributed by atoms with Gasteiger partial charge in [0.05, 0.1) is 0 Å². The van der Waals surface area contributed by atoms with Crippen LogP contribution < -0.4 is 0 Å². The number of thioether (sulfide) groups is 1. The number of aliphatic imine (C=N–C) groups is 1. The van der Waals surface area contributed by atoms with Crippen LogP contribution in [-0.2, 0) is 0 Å². The van der Waals surface area contributed by atoms with E-state index in [4.69, 9.17) is 0 Å². The van der Waals surface area contributed by atoms with Gasteiger partial charge in [-0.05, 0) is 41.9 Å². The first-order valence-corrected chi connectivity index (χ1v) is 6.29. The Morgan fingerprint density at radius 1 is 1.60 bits per heavy atom. The second-order valence-corrected chi connectivity index (χ2v) is 5.37. The summed E-state index contributed by atoms with van der Waals surface area (Å²) in [6.07, 6.45) is 2.06. The molecule has 1 aliphatic heterocycles. The van der Waals surface area contributed by atoms with E-state index in [0.29, 0.717) is 5.50 Å². The van der Waals surface area contributed by atoms with Crippen LogP contribution in [0.1, 0.15) is 0 Å². The molecule has 10 heavy (non-hydrogen) atoms. The zero-order chi connectivity index (χ0) is 7.56. The summed E-state index contributed by atoms with van der Waals surface area (Å²) in [6, 6.07) is 0. The Labute approximate surface area is 73.6 Å². The molecule has 5 heteroatoms. The Morgan fingerprint density at radius 2 is 2.30 bits per heavy atom. The monoisotopic (exact) mass is 194 g/mol. The molecule has 0 N–H and O–H groups in total. The molecular weight excluding hydrogens is 184 g/mol. The molecule has 0 bridgehead atoms. The summed E-state index contributed by atoms with van der Waals surface area (Å²) in [4.78, 5) is 6.55. The van der Waals surface area contributed by atoms with Crippen molar-refractivity contribution in [1.82, 2.24) is 4.90 Å². The van der Waals surface area contributed by atoms with Gasteiger partial charge in [-0.3, -0.25) is 4.90 Å². The van der Waals surface area contributed by atoms with Crippen LogP contribution >= 0.6 is 33.3 Å². The SMILES string of the molecule is CSC1=NC(N(C)C)SS1. The maximum absolute atomic E-state index is 4.44. The molecule has 2 nitrogen and oxygen atoms in total. The van der Waals surface area contributed by atoms with E-state index in [2.05, 4.69) is 16.1 Å². The fourth-order valence-electron chi connectivity index (χ4n) is 0.506. The van der Waals surface area contributed by atoms with Gasteiger partial charge in [-0.25, -0.2) is 4.99 Å². The van der Waals surface area contributed by atoms with Crippen molar-refractivity contribution in [2.75, 3.05) is 20.4 Å². The van der Waals surface area contributed by atoms with Gasteiger partial charge in [0.2, 0.25) is 0 Å². The average molecular weight is 194 g/mol. The lowest BCUT2D eigenvalue weighted by molar-refractivity contribution is 0.395. The van der Waals surface area contributed by atoms with E-state index in [0.717, 1.165) is 0 Å². The Morgan fingerprint density at radius 3 is 2.60 bits per heavy atom. The third-order valence-electron chi connectivity index (χ3n) is 1.04. The van der Waals surface area contributed by atoms with Gasteiger partial charge >= 0.3 is 0 Å². The molecular formula is C5H10N2S3. The quantitative estimate of drug-likeness (QED) is 0.593. The van der Waals surface area contributed by atoms with Gasteiger partial charge < -0.3 is 0 Å². The molecule has 0 amide bonds. The number of hydrogen-bond acceptors (Lipinski definition) is 5. The van der Waals surface area contributed by atoms with E-state index < -0.39 is 0 Å². The number of rotatable bonds is 1. The topological polar surface area (TPSA) is 15.6 Å². The molecule has 0 spiro atoms. The number of hydrogen-bond donors (Lipinski definition) is 0. The van der Waals surface area contributed by atoms with Crippen molar-refractivity contribution in [1.29, 1.82) is 0 Å². The van der Waals surface area contributed by atoms with Crippen LogP contribution in [0.2, 0.25) is 0 Å². The van der Waals surface area contributed by atoms with Gasteiger partial charge in [0.15, 0.2) is 5.50 Å². The van der Waals surface area contributed by atoms with Gasteiger partial charge in [0.1, 0.15) is 4.38 Å². The van der Waals surface area contributed by atoms with Crippen molar-refractivity contribution < 1.29 is 0 Å². The van der Waals surface area contributed by atoms with Gasteiger partial charge in [-0.1, -0.05) is 0 Å². The Bertz CT molecular complexity index is 146. The zero-order valence-electron chi connectivity index (χ0n) is 6.20. The summed E-state index contributed by atoms with van der Waals surface area (Å²) in [6.45, 7) is 0. The normalized spacial score (nSPS) is 25.6. The van der Waals surface area contributed by atoms with Gasteiger partial charge in [0.25, 0.3) is 0 Å². The van der Waals surface area contributed by atoms with E-state index in [1.807, 2.05) is 14.1 Å². The molecule has 0 aromatic rings. The first-order valence-electron chi connectivity index (χ1n) is 2.85. The van der Waals surface area contributed by atoms with E-state index in [-0.39, 0.29) is 0 Å². The Balaban J connectivity index is 2.47. The smallest absolute Gasteiger partial charge is 0.161 e. The van der Waals surface area contributed by atoms with Crippen LogP contribution in [0.25, 0.3) is 0 Å². The first-order chi connectivity index (χ1) is 4.74. The molecule has 0 aliphatic carbocycles. The fraction of sp³-hybridized carbons (Fsp3) is 0.800.